The first-order valence-corrected chi connectivity index (χ1v) is 20.3. The number of amides is 2. The van der Waals surface area contributed by atoms with E-state index in [0.717, 1.165) is 55.4 Å². The Labute approximate surface area is 337 Å². The highest BCUT2D eigenvalue weighted by Crippen LogP contribution is 2.58. The second kappa shape index (κ2) is 14.8. The van der Waals surface area contributed by atoms with Gasteiger partial charge in [0.15, 0.2) is 11.6 Å². The van der Waals surface area contributed by atoms with Crippen molar-refractivity contribution in [2.45, 2.75) is 88.9 Å². The van der Waals surface area contributed by atoms with E-state index in [1.807, 2.05) is 38.1 Å². The van der Waals surface area contributed by atoms with Crippen molar-refractivity contribution in [1.82, 2.24) is 30.1 Å². The van der Waals surface area contributed by atoms with E-state index < -0.39 is 18.1 Å². The van der Waals surface area contributed by atoms with Crippen molar-refractivity contribution in [2.75, 3.05) is 31.6 Å². The number of aromatic nitrogens is 4. The number of carbonyl (C=O) groups is 2. The minimum absolute atomic E-state index is 0.0567. The number of carbonyl (C=O) groups excluding carboxylic acids is 2. The summed E-state index contributed by atoms with van der Waals surface area (Å²) in [5.74, 6) is 3.47. The van der Waals surface area contributed by atoms with Crippen molar-refractivity contribution in [1.29, 1.82) is 0 Å². The lowest BCUT2D eigenvalue weighted by Crippen LogP contribution is -2.62. The third kappa shape index (κ3) is 6.63. The van der Waals surface area contributed by atoms with Crippen LogP contribution in [0, 0.1) is 23.7 Å². The minimum Gasteiger partial charge on any atom is -0.507 e. The normalized spacial score (nSPS) is 20.8. The van der Waals surface area contributed by atoms with Crippen LogP contribution in [0.2, 0.25) is 0 Å². The molecule has 4 aliphatic rings. The predicted molar refractivity (Wildman–Crippen MR) is 217 cm³/mol. The molecule has 2 saturated carbocycles. The number of aromatic hydroxyl groups is 1. The van der Waals surface area contributed by atoms with Crippen molar-refractivity contribution >= 4 is 28.7 Å². The number of ether oxygens (including phenoxy) is 1. The average Bonchev–Trinajstić information content (AvgIpc) is 3.90. The molecule has 0 bridgehead atoms. The summed E-state index contributed by atoms with van der Waals surface area (Å²) in [6.07, 6.45) is 10.5. The van der Waals surface area contributed by atoms with E-state index in [1.54, 1.807) is 31.4 Å². The molecule has 13 heteroatoms. The third-order valence-electron chi connectivity index (χ3n) is 12.9. The maximum atomic E-state index is 14.2. The molecule has 3 N–H and O–H groups in total. The minimum atomic E-state index is -0.835. The van der Waals surface area contributed by atoms with Crippen LogP contribution in [-0.2, 0) is 16.1 Å². The molecular formula is C45H49N7O6. The number of nitrogens with zero attached hydrogens (tertiary/aromatic N) is 6. The Morgan fingerprint density at radius 3 is 2.59 bits per heavy atom. The van der Waals surface area contributed by atoms with Crippen molar-refractivity contribution < 1.29 is 29.1 Å². The van der Waals surface area contributed by atoms with Gasteiger partial charge in [-0.15, -0.1) is 16.6 Å². The average molecular weight is 784 g/mol. The number of anilines is 1. The zero-order valence-electron chi connectivity index (χ0n) is 33.1. The predicted octanol–water partition coefficient (Wildman–Crippen LogP) is 5.91. The number of β-amino-alcohol motifs (C(OH)–C–C–N with tert-alkyl or cyclic N) is 1. The number of aliphatic hydroxyl groups is 1. The fourth-order valence-electron chi connectivity index (χ4n) is 9.68. The van der Waals surface area contributed by atoms with Crippen LogP contribution < -0.4 is 15.0 Å². The van der Waals surface area contributed by atoms with Crippen molar-refractivity contribution in [3.05, 3.63) is 83.2 Å². The number of phenolic OH excluding ortho intramolecular Hbond substituents is 1. The smallest absolute Gasteiger partial charge is 0.243 e. The molecule has 3 atom stereocenters. The summed E-state index contributed by atoms with van der Waals surface area (Å²) in [5, 5.41) is 37.6. The first-order chi connectivity index (χ1) is 28.0. The van der Waals surface area contributed by atoms with Gasteiger partial charge in [-0.05, 0) is 74.4 Å². The second-order valence-electron chi connectivity index (χ2n) is 17.1. The maximum Gasteiger partial charge on any atom is 0.243 e. The zero-order valence-corrected chi connectivity index (χ0v) is 33.1. The number of benzene rings is 2. The molecular weight excluding hydrogens is 735 g/mol. The van der Waals surface area contributed by atoms with Gasteiger partial charge in [-0.1, -0.05) is 43.1 Å². The second-order valence-corrected chi connectivity index (χ2v) is 17.1. The van der Waals surface area contributed by atoms with Crippen LogP contribution in [0.4, 0.5) is 5.82 Å². The van der Waals surface area contributed by atoms with E-state index in [4.69, 9.17) is 15.7 Å². The number of nitrogens with one attached hydrogen (secondary N) is 1. The van der Waals surface area contributed by atoms with Crippen molar-refractivity contribution in [3.63, 3.8) is 0 Å². The van der Waals surface area contributed by atoms with Gasteiger partial charge in [0.05, 0.1) is 24.4 Å². The van der Waals surface area contributed by atoms with Gasteiger partial charge >= 0.3 is 0 Å². The molecule has 2 aliphatic carbocycles. The van der Waals surface area contributed by atoms with E-state index in [-0.39, 0.29) is 48.4 Å². The lowest BCUT2D eigenvalue weighted by Gasteiger charge is -2.59. The van der Waals surface area contributed by atoms with Gasteiger partial charge in [0.25, 0.3) is 0 Å². The Bertz CT molecular complexity index is 2410. The molecule has 2 saturated heterocycles. The Morgan fingerprint density at radius 2 is 1.88 bits per heavy atom. The quantitative estimate of drug-likeness (QED) is 0.138. The molecule has 0 radical (unpaired) electrons. The molecule has 2 aliphatic heterocycles. The van der Waals surface area contributed by atoms with Crippen LogP contribution in [0.25, 0.3) is 22.3 Å². The number of terminal acetylenes is 1. The fraction of sp³-hybridized carbons (Fsp3) is 0.444. The Balaban J connectivity index is 0.857. The Hall–Kier alpha value is -5.87. The van der Waals surface area contributed by atoms with Crippen molar-refractivity contribution in [2.24, 2.45) is 11.3 Å². The van der Waals surface area contributed by atoms with Crippen LogP contribution in [0.15, 0.2) is 65.2 Å². The SMILES string of the molecule is C#Cc1ccc(CNC(=O)[C@@H]2C[C@@H](O)CN2C(=O)C(c2cc(N3CC4(CC(c5cc6nnc(-c7ccccc7O)cc6n5C5CCC5)C4)C3)no2)C(C)C)c(OC)c1. The molecule has 1 spiro atoms. The fourth-order valence-corrected chi connectivity index (χ4v) is 9.68. The van der Waals surface area contributed by atoms with Crippen LogP contribution in [0.3, 0.4) is 0 Å². The highest BCUT2D eigenvalue weighted by molar-refractivity contribution is 5.91. The van der Waals surface area contributed by atoms with Gasteiger partial charge in [-0.2, -0.15) is 0 Å². The summed E-state index contributed by atoms with van der Waals surface area (Å²) in [5.41, 5.74) is 6.25. The molecule has 3 aromatic heterocycles. The van der Waals surface area contributed by atoms with Crippen LogP contribution in [0.5, 0.6) is 11.5 Å². The Morgan fingerprint density at radius 1 is 1.09 bits per heavy atom. The van der Waals surface area contributed by atoms with Crippen molar-refractivity contribution in [3.8, 4) is 35.1 Å². The molecule has 2 aromatic carbocycles. The summed E-state index contributed by atoms with van der Waals surface area (Å²) in [7, 11) is 1.54. The molecule has 13 nitrogen and oxygen atoms in total. The highest BCUT2D eigenvalue weighted by Gasteiger charge is 2.54. The summed E-state index contributed by atoms with van der Waals surface area (Å²) < 4.78 is 13.9. The van der Waals surface area contributed by atoms with Crippen LogP contribution >= 0.6 is 0 Å². The van der Waals surface area contributed by atoms with Gasteiger partial charge in [-0.25, -0.2) is 0 Å². The molecule has 4 fully saturated rings. The summed E-state index contributed by atoms with van der Waals surface area (Å²) in [4.78, 5) is 31.5. The highest BCUT2D eigenvalue weighted by atomic mass is 16.5. The number of para-hydroxylation sites is 1. The van der Waals surface area contributed by atoms with Gasteiger partial charge in [0, 0.05) is 78.4 Å². The van der Waals surface area contributed by atoms with E-state index in [9.17, 15) is 19.8 Å². The summed E-state index contributed by atoms with van der Waals surface area (Å²) in [6.45, 7) is 5.85. The summed E-state index contributed by atoms with van der Waals surface area (Å²) >= 11 is 0. The van der Waals surface area contributed by atoms with E-state index in [0.29, 0.717) is 46.1 Å². The van der Waals surface area contributed by atoms with Gasteiger partial charge < -0.3 is 39.2 Å². The largest absolute Gasteiger partial charge is 0.507 e. The monoisotopic (exact) mass is 783 g/mol. The van der Waals surface area contributed by atoms with Crippen LogP contribution in [0.1, 0.15) is 92.8 Å². The van der Waals surface area contributed by atoms with Gasteiger partial charge in [-0.3, -0.25) is 9.59 Å². The number of phenols is 1. The molecule has 300 valence electrons. The molecule has 2 amide bonds. The molecule has 5 aromatic rings. The van der Waals surface area contributed by atoms with E-state index >= 15 is 0 Å². The van der Waals surface area contributed by atoms with Gasteiger partial charge in [0.2, 0.25) is 11.8 Å². The van der Waals surface area contributed by atoms with E-state index in [1.165, 1.54) is 17.0 Å². The third-order valence-corrected chi connectivity index (χ3v) is 12.9. The molecule has 1 unspecified atom stereocenters. The number of hydrogen-bond donors (Lipinski definition) is 3. The zero-order chi connectivity index (χ0) is 40.3. The lowest BCUT2D eigenvalue weighted by atomic mass is 9.57. The number of aliphatic hydroxyl groups excluding tert-OH is 1. The maximum absolute atomic E-state index is 14.2. The number of likely N-dealkylation sites (tertiary alicyclic amines) is 1. The number of rotatable bonds is 11. The Kier molecular flexibility index (Phi) is 9.63. The first kappa shape index (κ1) is 37.7. The number of hydrogen-bond acceptors (Lipinski definition) is 10. The molecule has 5 heterocycles. The number of methoxy groups -OCH3 is 1. The molecule has 9 rings (SSSR count). The topological polar surface area (TPSA) is 159 Å². The summed E-state index contributed by atoms with van der Waals surface area (Å²) in [6, 6.07) is 18.4. The lowest BCUT2D eigenvalue weighted by molar-refractivity contribution is -0.141. The number of fused-ring (bicyclic) bond motifs is 1. The standard InChI is InChI=1S/C45H49N7O6/c1-5-27-13-14-28(39(15-27)57-4)22-46-43(55)37-16-31(53)23-51(37)44(56)42(26(2)3)40-19-41(49-58-40)50-24-45(25-50)20-29(21-45)35-18-34-36(52(35)30-9-8-10-30)17-33(47-48-34)32-11-6-7-12-38(32)54/h1,6-7,11-15,17-19,26,29-31,37,42,53-54H,8-10,16,20-25H2,2-4H3,(H,46,55)/t31-,37+,42?/m1/s1. The first-order valence-electron chi connectivity index (χ1n) is 20.3. The van der Waals surface area contributed by atoms with Crippen LogP contribution in [-0.4, -0.2) is 85.7 Å². The van der Waals surface area contributed by atoms with Gasteiger partial charge in [0.1, 0.15) is 29.0 Å². The molecule has 58 heavy (non-hydrogen) atoms. The van der Waals surface area contributed by atoms with E-state index in [2.05, 4.69) is 48.2 Å².